The summed E-state index contributed by atoms with van der Waals surface area (Å²) < 4.78 is 1.76. The zero-order valence-corrected chi connectivity index (χ0v) is 17.9. The van der Waals surface area contributed by atoms with E-state index >= 15 is 0 Å². The molecule has 0 unspecified atom stereocenters. The second-order valence-electron chi connectivity index (χ2n) is 7.57. The molecule has 4 aromatic rings. The van der Waals surface area contributed by atoms with Crippen LogP contribution in [0.1, 0.15) is 16.7 Å². The van der Waals surface area contributed by atoms with Gasteiger partial charge >= 0.3 is 0 Å². The summed E-state index contributed by atoms with van der Waals surface area (Å²) in [7, 11) is 0. The Kier molecular flexibility index (Phi) is 5.96. The molecule has 3 aromatic carbocycles. The number of benzene rings is 3. The van der Waals surface area contributed by atoms with Gasteiger partial charge in [0, 0.05) is 23.0 Å². The van der Waals surface area contributed by atoms with E-state index in [1.165, 1.54) is 0 Å². The van der Waals surface area contributed by atoms with E-state index in [-0.39, 0.29) is 5.57 Å². The van der Waals surface area contributed by atoms with Gasteiger partial charge in [0.15, 0.2) is 0 Å². The summed E-state index contributed by atoms with van der Waals surface area (Å²) in [6.45, 7) is 3.97. The number of aromatic nitrogens is 2. The van der Waals surface area contributed by atoms with Crippen LogP contribution in [0.4, 0.5) is 5.69 Å². The molecule has 1 heterocycles. The first-order chi connectivity index (χ1) is 15.5. The van der Waals surface area contributed by atoms with Crippen molar-refractivity contribution in [2.45, 2.75) is 13.8 Å². The van der Waals surface area contributed by atoms with Gasteiger partial charge in [-0.25, -0.2) is 4.68 Å². The zero-order valence-electron chi connectivity index (χ0n) is 17.9. The molecule has 1 N–H and O–H groups in total. The average molecular weight is 419 g/mol. The van der Waals surface area contributed by atoms with E-state index in [1.807, 2.05) is 98.9 Å². The molecule has 0 radical (unpaired) electrons. The van der Waals surface area contributed by atoms with Crippen LogP contribution >= 0.6 is 0 Å². The van der Waals surface area contributed by atoms with Crippen molar-refractivity contribution in [3.05, 3.63) is 107 Å². The molecular formula is C27H22N4O. The van der Waals surface area contributed by atoms with Gasteiger partial charge in [-0.2, -0.15) is 10.4 Å². The van der Waals surface area contributed by atoms with E-state index in [1.54, 1.807) is 16.8 Å². The number of nitriles is 1. The third-order valence-electron chi connectivity index (χ3n) is 5.03. The van der Waals surface area contributed by atoms with Gasteiger partial charge in [-0.05, 0) is 49.8 Å². The summed E-state index contributed by atoms with van der Waals surface area (Å²) in [5.41, 5.74) is 6.01. The maximum absolute atomic E-state index is 12.8. The van der Waals surface area contributed by atoms with Crippen LogP contribution in [0.15, 0.2) is 90.6 Å². The van der Waals surface area contributed by atoms with Crippen LogP contribution in [-0.2, 0) is 4.79 Å². The summed E-state index contributed by atoms with van der Waals surface area (Å²) in [5, 5.41) is 17.3. The molecule has 5 heteroatoms. The molecule has 156 valence electrons. The number of nitrogens with zero attached hydrogens (tertiary/aromatic N) is 3. The van der Waals surface area contributed by atoms with E-state index in [9.17, 15) is 10.1 Å². The van der Waals surface area contributed by atoms with Crippen LogP contribution in [0.25, 0.3) is 23.0 Å². The van der Waals surface area contributed by atoms with Gasteiger partial charge in [-0.3, -0.25) is 4.79 Å². The van der Waals surface area contributed by atoms with E-state index < -0.39 is 5.91 Å². The molecule has 0 atom stereocenters. The standard InChI is InChI=1S/C27H22N4O/c1-19-11-13-21(14-12-19)26-23(18-31(30-26)25-9-4-3-5-10-25)16-22(17-28)27(32)29-24-8-6-7-20(2)15-24/h3-16,18H,1-2H3,(H,29,32)/b22-16+. The van der Waals surface area contributed by atoms with Gasteiger partial charge in [0.1, 0.15) is 11.6 Å². The van der Waals surface area contributed by atoms with Crippen molar-refractivity contribution in [3.8, 4) is 23.0 Å². The summed E-state index contributed by atoms with van der Waals surface area (Å²) in [6.07, 6.45) is 3.43. The highest BCUT2D eigenvalue weighted by molar-refractivity contribution is 6.10. The summed E-state index contributed by atoms with van der Waals surface area (Å²) in [4.78, 5) is 12.8. The van der Waals surface area contributed by atoms with E-state index in [2.05, 4.69) is 5.32 Å². The Morgan fingerprint density at radius 2 is 1.72 bits per heavy atom. The number of carbonyl (C=O) groups excluding carboxylic acids is 1. The van der Waals surface area contributed by atoms with E-state index in [0.717, 1.165) is 22.4 Å². The lowest BCUT2D eigenvalue weighted by Gasteiger charge is -2.05. The number of aryl methyl sites for hydroxylation is 2. The first-order valence-electron chi connectivity index (χ1n) is 10.3. The van der Waals surface area contributed by atoms with Gasteiger partial charge in [-0.1, -0.05) is 60.2 Å². The third-order valence-corrected chi connectivity index (χ3v) is 5.03. The van der Waals surface area contributed by atoms with Crippen molar-refractivity contribution >= 4 is 17.7 Å². The van der Waals surface area contributed by atoms with Gasteiger partial charge in [-0.15, -0.1) is 0 Å². The quantitative estimate of drug-likeness (QED) is 0.334. The smallest absolute Gasteiger partial charge is 0.266 e. The Balaban J connectivity index is 1.75. The van der Waals surface area contributed by atoms with Crippen molar-refractivity contribution in [1.29, 1.82) is 5.26 Å². The first-order valence-corrected chi connectivity index (χ1v) is 10.3. The van der Waals surface area contributed by atoms with Crippen molar-refractivity contribution in [1.82, 2.24) is 9.78 Å². The molecule has 1 amide bonds. The minimum absolute atomic E-state index is 0.00693. The molecule has 0 saturated heterocycles. The second kappa shape index (κ2) is 9.15. The molecular weight excluding hydrogens is 396 g/mol. The molecule has 0 aliphatic carbocycles. The summed E-state index contributed by atoms with van der Waals surface area (Å²) in [6, 6.07) is 27.2. The number of nitrogens with one attached hydrogen (secondary N) is 1. The lowest BCUT2D eigenvalue weighted by atomic mass is 10.0. The SMILES string of the molecule is Cc1ccc(-c2nn(-c3ccccc3)cc2/C=C(\C#N)C(=O)Nc2cccc(C)c2)cc1. The number of rotatable bonds is 5. The van der Waals surface area contributed by atoms with Crippen LogP contribution in [0, 0.1) is 25.2 Å². The van der Waals surface area contributed by atoms with Crippen molar-refractivity contribution in [3.63, 3.8) is 0 Å². The van der Waals surface area contributed by atoms with Crippen LogP contribution in [-0.4, -0.2) is 15.7 Å². The zero-order chi connectivity index (χ0) is 22.5. The van der Waals surface area contributed by atoms with Gasteiger partial charge in [0.25, 0.3) is 5.91 Å². The molecule has 32 heavy (non-hydrogen) atoms. The fourth-order valence-corrected chi connectivity index (χ4v) is 3.37. The molecule has 0 aliphatic heterocycles. The molecule has 0 bridgehead atoms. The first kappa shape index (κ1) is 20.8. The maximum atomic E-state index is 12.8. The molecule has 0 spiro atoms. The average Bonchev–Trinajstić information content (AvgIpc) is 3.22. The fraction of sp³-hybridized carbons (Fsp3) is 0.0741. The molecule has 0 aliphatic rings. The molecule has 0 saturated carbocycles. The van der Waals surface area contributed by atoms with Crippen LogP contribution in [0.3, 0.4) is 0 Å². The predicted octanol–water partition coefficient (Wildman–Crippen LogP) is 5.70. The molecule has 0 fully saturated rings. The highest BCUT2D eigenvalue weighted by Gasteiger charge is 2.15. The van der Waals surface area contributed by atoms with E-state index in [4.69, 9.17) is 5.10 Å². The minimum atomic E-state index is -0.458. The van der Waals surface area contributed by atoms with E-state index in [0.29, 0.717) is 16.9 Å². The number of hydrogen-bond donors (Lipinski definition) is 1. The number of anilines is 1. The monoisotopic (exact) mass is 418 g/mol. The number of para-hydroxylation sites is 1. The van der Waals surface area contributed by atoms with Gasteiger partial charge in [0.2, 0.25) is 0 Å². The largest absolute Gasteiger partial charge is 0.321 e. The highest BCUT2D eigenvalue weighted by atomic mass is 16.1. The minimum Gasteiger partial charge on any atom is -0.321 e. The lowest BCUT2D eigenvalue weighted by Crippen LogP contribution is -2.13. The highest BCUT2D eigenvalue weighted by Crippen LogP contribution is 2.26. The molecule has 4 rings (SSSR count). The Labute approximate surface area is 187 Å². The Hall–Kier alpha value is -4.43. The molecule has 5 nitrogen and oxygen atoms in total. The fourth-order valence-electron chi connectivity index (χ4n) is 3.37. The van der Waals surface area contributed by atoms with Crippen LogP contribution < -0.4 is 5.32 Å². The molecule has 1 aromatic heterocycles. The van der Waals surface area contributed by atoms with Crippen molar-refractivity contribution in [2.75, 3.05) is 5.32 Å². The number of amides is 1. The number of hydrogen-bond acceptors (Lipinski definition) is 3. The lowest BCUT2D eigenvalue weighted by molar-refractivity contribution is -0.112. The third kappa shape index (κ3) is 4.66. The predicted molar refractivity (Wildman–Crippen MR) is 127 cm³/mol. The Morgan fingerprint density at radius 3 is 2.41 bits per heavy atom. The number of carbonyl (C=O) groups is 1. The topological polar surface area (TPSA) is 70.7 Å². The second-order valence-corrected chi connectivity index (χ2v) is 7.57. The van der Waals surface area contributed by atoms with Crippen molar-refractivity contribution in [2.24, 2.45) is 0 Å². The summed E-state index contributed by atoms with van der Waals surface area (Å²) in [5.74, 6) is -0.458. The Morgan fingerprint density at radius 1 is 0.969 bits per heavy atom. The summed E-state index contributed by atoms with van der Waals surface area (Å²) >= 11 is 0. The van der Waals surface area contributed by atoms with Gasteiger partial charge < -0.3 is 5.32 Å². The van der Waals surface area contributed by atoms with Crippen LogP contribution in [0.5, 0.6) is 0 Å². The van der Waals surface area contributed by atoms with Crippen molar-refractivity contribution < 1.29 is 4.79 Å². The van der Waals surface area contributed by atoms with Gasteiger partial charge in [0.05, 0.1) is 11.4 Å². The normalized spacial score (nSPS) is 11.1. The Bertz CT molecular complexity index is 1330. The van der Waals surface area contributed by atoms with Crippen LogP contribution in [0.2, 0.25) is 0 Å². The maximum Gasteiger partial charge on any atom is 0.266 e.